The number of hydrogen-bond donors (Lipinski definition) is 1. The van der Waals surface area contributed by atoms with Gasteiger partial charge in [0.1, 0.15) is 5.82 Å². The van der Waals surface area contributed by atoms with Crippen molar-refractivity contribution in [2.75, 3.05) is 37.6 Å². The van der Waals surface area contributed by atoms with Crippen molar-refractivity contribution in [1.29, 1.82) is 0 Å². The summed E-state index contributed by atoms with van der Waals surface area (Å²) < 4.78 is 0. The van der Waals surface area contributed by atoms with Crippen LogP contribution in [0.15, 0.2) is 48.7 Å². The highest BCUT2D eigenvalue weighted by atomic mass is 16.2. The average molecular weight is 352 g/mol. The molecule has 1 aliphatic rings. The van der Waals surface area contributed by atoms with Crippen LogP contribution >= 0.6 is 0 Å². The molecule has 1 fully saturated rings. The zero-order valence-corrected chi connectivity index (χ0v) is 15.7. The van der Waals surface area contributed by atoms with Crippen LogP contribution in [0.25, 0.3) is 0 Å². The van der Waals surface area contributed by atoms with Crippen LogP contribution < -0.4 is 10.2 Å². The first-order valence-electron chi connectivity index (χ1n) is 9.42. The van der Waals surface area contributed by atoms with Crippen LogP contribution in [-0.2, 0) is 11.2 Å². The third-order valence-electron chi connectivity index (χ3n) is 4.98. The molecule has 0 bridgehead atoms. The summed E-state index contributed by atoms with van der Waals surface area (Å²) in [5.74, 6) is 1.10. The molecule has 5 nitrogen and oxygen atoms in total. The van der Waals surface area contributed by atoms with Crippen LogP contribution in [0.1, 0.15) is 31.0 Å². The molecule has 2 aromatic rings. The second-order valence-electron chi connectivity index (χ2n) is 6.84. The largest absolute Gasteiger partial charge is 0.354 e. The van der Waals surface area contributed by atoms with Crippen molar-refractivity contribution < 1.29 is 4.79 Å². The summed E-state index contributed by atoms with van der Waals surface area (Å²) in [7, 11) is 0. The number of benzene rings is 1. The first-order valence-corrected chi connectivity index (χ1v) is 9.42. The maximum absolute atomic E-state index is 12.4. The monoisotopic (exact) mass is 352 g/mol. The zero-order chi connectivity index (χ0) is 18.4. The van der Waals surface area contributed by atoms with E-state index in [1.54, 1.807) is 0 Å². The Morgan fingerprint density at radius 3 is 2.46 bits per heavy atom. The molecular formula is C21H28N4O. The topological polar surface area (TPSA) is 48.5 Å². The maximum Gasteiger partial charge on any atom is 0.234 e. The van der Waals surface area contributed by atoms with E-state index in [4.69, 9.17) is 0 Å². The summed E-state index contributed by atoms with van der Waals surface area (Å²) in [4.78, 5) is 21.3. The van der Waals surface area contributed by atoms with E-state index >= 15 is 0 Å². The molecule has 1 aliphatic heterocycles. The van der Waals surface area contributed by atoms with Gasteiger partial charge in [0, 0.05) is 32.4 Å². The summed E-state index contributed by atoms with van der Waals surface area (Å²) in [6.45, 7) is 8.20. The molecule has 0 radical (unpaired) electrons. The van der Waals surface area contributed by atoms with Gasteiger partial charge in [-0.15, -0.1) is 0 Å². The first kappa shape index (κ1) is 18.4. The predicted octanol–water partition coefficient (Wildman–Crippen LogP) is 2.64. The second-order valence-corrected chi connectivity index (χ2v) is 6.84. The number of nitrogens with one attached hydrogen (secondary N) is 1. The molecule has 0 aliphatic carbocycles. The van der Waals surface area contributed by atoms with Gasteiger partial charge in [0.05, 0.1) is 12.6 Å². The van der Waals surface area contributed by atoms with Crippen LogP contribution in [0.5, 0.6) is 0 Å². The van der Waals surface area contributed by atoms with E-state index in [1.165, 1.54) is 5.56 Å². The minimum absolute atomic E-state index is 0.0308. The summed E-state index contributed by atoms with van der Waals surface area (Å²) in [6, 6.07) is 14.5. The van der Waals surface area contributed by atoms with Crippen molar-refractivity contribution in [2.24, 2.45) is 0 Å². The average Bonchev–Trinajstić information content (AvgIpc) is 2.69. The van der Waals surface area contributed by atoms with Gasteiger partial charge in [0.25, 0.3) is 0 Å². The molecule has 1 N–H and O–H groups in total. The minimum Gasteiger partial charge on any atom is -0.354 e. The lowest BCUT2D eigenvalue weighted by atomic mass is 10.1. The highest BCUT2D eigenvalue weighted by Crippen LogP contribution is 2.15. The smallest absolute Gasteiger partial charge is 0.234 e. The number of rotatable bonds is 6. The fraction of sp³-hybridized carbons (Fsp3) is 0.429. The summed E-state index contributed by atoms with van der Waals surface area (Å²) >= 11 is 0. The van der Waals surface area contributed by atoms with Gasteiger partial charge < -0.3 is 10.2 Å². The van der Waals surface area contributed by atoms with Gasteiger partial charge in [-0.05, 0) is 36.6 Å². The first-order chi connectivity index (χ1) is 12.7. The Morgan fingerprint density at radius 2 is 1.85 bits per heavy atom. The Morgan fingerprint density at radius 1 is 1.12 bits per heavy atom. The molecule has 0 saturated carbocycles. The number of nitrogens with zero attached hydrogens (tertiary/aromatic N) is 3. The van der Waals surface area contributed by atoms with Crippen LogP contribution in [0.4, 0.5) is 5.82 Å². The van der Waals surface area contributed by atoms with Gasteiger partial charge in [0.15, 0.2) is 0 Å². The molecule has 0 spiro atoms. The van der Waals surface area contributed by atoms with Crippen LogP contribution in [0.3, 0.4) is 0 Å². The van der Waals surface area contributed by atoms with E-state index in [-0.39, 0.29) is 11.9 Å². The van der Waals surface area contributed by atoms with Gasteiger partial charge in [-0.25, -0.2) is 4.98 Å². The number of aromatic nitrogens is 1. The van der Waals surface area contributed by atoms with E-state index in [9.17, 15) is 4.79 Å². The minimum atomic E-state index is 0.0308. The maximum atomic E-state index is 12.4. The number of amides is 1. The van der Waals surface area contributed by atoms with Crippen LogP contribution in [0, 0.1) is 0 Å². The molecule has 26 heavy (non-hydrogen) atoms. The predicted molar refractivity (Wildman–Crippen MR) is 105 cm³/mol. The third kappa shape index (κ3) is 4.82. The molecule has 1 atom stereocenters. The third-order valence-corrected chi connectivity index (χ3v) is 4.98. The highest BCUT2D eigenvalue weighted by Gasteiger charge is 2.20. The van der Waals surface area contributed by atoms with Gasteiger partial charge >= 0.3 is 0 Å². The normalized spacial score (nSPS) is 16.3. The fourth-order valence-electron chi connectivity index (χ4n) is 3.29. The summed E-state index contributed by atoms with van der Waals surface area (Å²) in [5.41, 5.74) is 2.47. The Kier molecular flexibility index (Phi) is 6.23. The van der Waals surface area contributed by atoms with Crippen molar-refractivity contribution in [3.63, 3.8) is 0 Å². The van der Waals surface area contributed by atoms with Crippen molar-refractivity contribution in [1.82, 2.24) is 15.2 Å². The SMILES string of the molecule is CCc1ccc([C@H](C)NC(=O)CN2CCN(c3ccccn3)CC2)cc1. The number of pyridine rings is 1. The van der Waals surface area contributed by atoms with Crippen LogP contribution in [-0.4, -0.2) is 48.5 Å². The standard InChI is InChI=1S/C21H28N4O/c1-3-18-7-9-19(10-8-18)17(2)23-21(26)16-24-12-14-25(15-13-24)20-6-4-5-11-22-20/h4-11,17H,3,12-16H2,1-2H3,(H,23,26)/t17-/m0/s1. The molecular weight excluding hydrogens is 324 g/mol. The number of carbonyl (C=O) groups is 1. The van der Waals surface area contributed by atoms with Gasteiger partial charge in [-0.3, -0.25) is 9.69 Å². The van der Waals surface area contributed by atoms with Crippen molar-refractivity contribution in [3.8, 4) is 0 Å². The number of piperazine rings is 1. The van der Waals surface area contributed by atoms with E-state index in [0.717, 1.165) is 44.0 Å². The molecule has 0 unspecified atom stereocenters. The van der Waals surface area contributed by atoms with Gasteiger partial charge in [-0.1, -0.05) is 37.3 Å². The summed E-state index contributed by atoms with van der Waals surface area (Å²) in [6.07, 6.45) is 2.86. The molecule has 1 saturated heterocycles. The number of hydrogen-bond acceptors (Lipinski definition) is 4. The van der Waals surface area contributed by atoms with E-state index in [0.29, 0.717) is 6.54 Å². The van der Waals surface area contributed by atoms with Crippen LogP contribution in [0.2, 0.25) is 0 Å². The summed E-state index contributed by atoms with van der Waals surface area (Å²) in [5, 5.41) is 3.12. The van der Waals surface area contributed by atoms with Crippen molar-refractivity contribution in [3.05, 3.63) is 59.8 Å². The Labute approximate surface area is 156 Å². The second kappa shape index (κ2) is 8.81. The molecule has 1 aromatic heterocycles. The molecule has 2 heterocycles. The fourth-order valence-corrected chi connectivity index (χ4v) is 3.29. The lowest BCUT2D eigenvalue weighted by Crippen LogP contribution is -2.49. The van der Waals surface area contributed by atoms with E-state index < -0.39 is 0 Å². The highest BCUT2D eigenvalue weighted by molar-refractivity contribution is 5.78. The number of carbonyl (C=O) groups excluding carboxylic acids is 1. The van der Waals surface area contributed by atoms with Gasteiger partial charge in [-0.2, -0.15) is 0 Å². The van der Waals surface area contributed by atoms with E-state index in [1.807, 2.05) is 31.3 Å². The molecule has 1 aromatic carbocycles. The molecule has 138 valence electrons. The van der Waals surface area contributed by atoms with Gasteiger partial charge in [0.2, 0.25) is 5.91 Å². The Bertz CT molecular complexity index is 694. The quantitative estimate of drug-likeness (QED) is 0.868. The molecule has 3 rings (SSSR count). The number of aryl methyl sites for hydroxylation is 1. The van der Waals surface area contributed by atoms with Crippen molar-refractivity contribution >= 4 is 11.7 Å². The lowest BCUT2D eigenvalue weighted by Gasteiger charge is -2.35. The zero-order valence-electron chi connectivity index (χ0n) is 15.7. The van der Waals surface area contributed by atoms with E-state index in [2.05, 4.69) is 51.3 Å². The molecule has 1 amide bonds. The Balaban J connectivity index is 1.45. The molecule has 5 heteroatoms. The lowest BCUT2D eigenvalue weighted by molar-refractivity contribution is -0.123. The van der Waals surface area contributed by atoms with Crippen molar-refractivity contribution in [2.45, 2.75) is 26.3 Å². The Hall–Kier alpha value is -2.40. The number of anilines is 1.